The van der Waals surface area contributed by atoms with Crippen molar-refractivity contribution < 1.29 is 9.90 Å². The number of hydrogen-bond acceptors (Lipinski definition) is 3. The average Bonchev–Trinajstić information content (AvgIpc) is 2.69. The molecular formula is C11H14BrN3O2. The molecule has 0 unspecified atom stereocenters. The molecule has 1 atom stereocenters. The summed E-state index contributed by atoms with van der Waals surface area (Å²) in [7, 11) is 0. The molecular weight excluding hydrogens is 286 g/mol. The van der Waals surface area contributed by atoms with E-state index in [1.165, 1.54) is 0 Å². The van der Waals surface area contributed by atoms with Gasteiger partial charge in [0.1, 0.15) is 5.82 Å². The lowest BCUT2D eigenvalue weighted by Crippen LogP contribution is -2.36. The number of anilines is 1. The highest BCUT2D eigenvalue weighted by molar-refractivity contribution is 9.10. The number of nitrogens with one attached hydrogen (secondary N) is 1. The van der Waals surface area contributed by atoms with E-state index in [-0.39, 0.29) is 6.04 Å². The number of amides is 1. The lowest BCUT2D eigenvalue weighted by molar-refractivity contribution is 0.191. The molecule has 92 valence electrons. The third kappa shape index (κ3) is 2.88. The Morgan fingerprint density at radius 2 is 2.47 bits per heavy atom. The minimum absolute atomic E-state index is 0.00162. The zero-order valence-electron chi connectivity index (χ0n) is 9.48. The van der Waals surface area contributed by atoms with Crippen LogP contribution in [-0.4, -0.2) is 35.3 Å². The summed E-state index contributed by atoms with van der Waals surface area (Å²) in [5.74, 6) is 0.903. The van der Waals surface area contributed by atoms with E-state index >= 15 is 0 Å². The van der Waals surface area contributed by atoms with Gasteiger partial charge >= 0.3 is 6.09 Å². The normalized spacial score (nSPS) is 19.4. The molecule has 6 heteroatoms. The van der Waals surface area contributed by atoms with Gasteiger partial charge in [-0.05, 0) is 40.9 Å². The van der Waals surface area contributed by atoms with E-state index in [0.717, 1.165) is 28.8 Å². The van der Waals surface area contributed by atoms with E-state index in [0.29, 0.717) is 6.54 Å². The Bertz CT molecular complexity index is 439. The number of aromatic nitrogens is 1. The van der Waals surface area contributed by atoms with Crippen molar-refractivity contribution in [3.63, 3.8) is 0 Å². The summed E-state index contributed by atoms with van der Waals surface area (Å²) in [5, 5.41) is 11.2. The second kappa shape index (κ2) is 4.91. The van der Waals surface area contributed by atoms with E-state index in [9.17, 15) is 4.79 Å². The predicted molar refractivity (Wildman–Crippen MR) is 68.5 cm³/mol. The van der Waals surface area contributed by atoms with Gasteiger partial charge in [0.05, 0.1) is 6.04 Å². The van der Waals surface area contributed by atoms with Crippen molar-refractivity contribution in [1.82, 2.24) is 10.3 Å². The van der Waals surface area contributed by atoms with Crippen LogP contribution in [0.2, 0.25) is 0 Å². The summed E-state index contributed by atoms with van der Waals surface area (Å²) < 4.78 is 0.987. The molecule has 0 spiro atoms. The van der Waals surface area contributed by atoms with Crippen molar-refractivity contribution in [3.05, 3.63) is 22.3 Å². The molecule has 0 radical (unpaired) electrons. The maximum Gasteiger partial charge on any atom is 0.404 e. The Morgan fingerprint density at radius 3 is 3.12 bits per heavy atom. The minimum Gasteiger partial charge on any atom is -0.465 e. The predicted octanol–water partition coefficient (Wildman–Crippen LogP) is 2.00. The first-order valence-electron chi connectivity index (χ1n) is 5.43. The molecule has 1 amide bonds. The molecule has 1 saturated heterocycles. The Balaban J connectivity index is 2.04. The molecule has 1 aromatic rings. The SMILES string of the molecule is Cc1cc(N2CC[C@H](NC(=O)O)C2)ncc1Br. The number of rotatable bonds is 2. The maximum atomic E-state index is 10.5. The van der Waals surface area contributed by atoms with Gasteiger partial charge in [-0.15, -0.1) is 0 Å². The molecule has 0 bridgehead atoms. The highest BCUT2D eigenvalue weighted by Crippen LogP contribution is 2.23. The van der Waals surface area contributed by atoms with E-state index in [2.05, 4.69) is 31.1 Å². The smallest absolute Gasteiger partial charge is 0.404 e. The first-order chi connectivity index (χ1) is 8.06. The number of nitrogens with zero attached hydrogens (tertiary/aromatic N) is 2. The molecule has 0 aromatic carbocycles. The average molecular weight is 300 g/mol. The minimum atomic E-state index is -0.961. The molecule has 0 aliphatic carbocycles. The highest BCUT2D eigenvalue weighted by Gasteiger charge is 2.24. The number of carboxylic acid groups (broad SMARTS) is 1. The summed E-state index contributed by atoms with van der Waals surface area (Å²) in [6.45, 7) is 3.53. The number of carbonyl (C=O) groups is 1. The maximum absolute atomic E-state index is 10.5. The lowest BCUT2D eigenvalue weighted by Gasteiger charge is -2.18. The molecule has 17 heavy (non-hydrogen) atoms. The first kappa shape index (κ1) is 12.2. The molecule has 2 rings (SSSR count). The van der Waals surface area contributed by atoms with Crippen molar-refractivity contribution in [2.24, 2.45) is 0 Å². The Morgan fingerprint density at radius 1 is 1.71 bits per heavy atom. The van der Waals surface area contributed by atoms with Gasteiger partial charge in [0.2, 0.25) is 0 Å². The third-order valence-electron chi connectivity index (χ3n) is 2.87. The molecule has 0 saturated carbocycles. The molecule has 2 heterocycles. The Kier molecular flexibility index (Phi) is 3.51. The van der Waals surface area contributed by atoms with E-state index in [1.807, 2.05) is 13.0 Å². The second-order valence-electron chi connectivity index (χ2n) is 4.17. The van der Waals surface area contributed by atoms with Gasteiger partial charge in [0.25, 0.3) is 0 Å². The quantitative estimate of drug-likeness (QED) is 0.877. The van der Waals surface area contributed by atoms with Gasteiger partial charge in [-0.1, -0.05) is 0 Å². The van der Waals surface area contributed by atoms with Gasteiger partial charge in [0, 0.05) is 23.8 Å². The van der Waals surface area contributed by atoms with Gasteiger partial charge in [-0.2, -0.15) is 0 Å². The fraction of sp³-hybridized carbons (Fsp3) is 0.455. The Hall–Kier alpha value is -1.30. The summed E-state index contributed by atoms with van der Waals surface area (Å²) in [6.07, 6.45) is 1.64. The topological polar surface area (TPSA) is 65.5 Å². The van der Waals surface area contributed by atoms with E-state index < -0.39 is 6.09 Å². The fourth-order valence-electron chi connectivity index (χ4n) is 1.96. The number of pyridine rings is 1. The molecule has 2 N–H and O–H groups in total. The highest BCUT2D eigenvalue weighted by atomic mass is 79.9. The standard InChI is InChI=1S/C11H14BrN3O2/c1-7-4-10(13-5-9(7)12)15-3-2-8(6-15)14-11(16)17/h4-5,8,14H,2-3,6H2,1H3,(H,16,17)/t8-/m0/s1. The van der Waals surface area contributed by atoms with Gasteiger partial charge in [0.15, 0.2) is 0 Å². The zero-order valence-corrected chi connectivity index (χ0v) is 11.1. The van der Waals surface area contributed by atoms with Crippen LogP contribution in [0.4, 0.5) is 10.6 Å². The fourth-order valence-corrected chi connectivity index (χ4v) is 2.18. The van der Waals surface area contributed by atoms with Crippen LogP contribution in [0.3, 0.4) is 0 Å². The van der Waals surface area contributed by atoms with Crippen LogP contribution in [0, 0.1) is 6.92 Å². The Labute approximate surface area is 108 Å². The van der Waals surface area contributed by atoms with Crippen molar-refractivity contribution in [3.8, 4) is 0 Å². The zero-order chi connectivity index (χ0) is 12.4. The number of hydrogen-bond donors (Lipinski definition) is 2. The van der Waals surface area contributed by atoms with Crippen molar-refractivity contribution in [2.45, 2.75) is 19.4 Å². The van der Waals surface area contributed by atoms with Crippen molar-refractivity contribution in [1.29, 1.82) is 0 Å². The van der Waals surface area contributed by atoms with Crippen LogP contribution >= 0.6 is 15.9 Å². The summed E-state index contributed by atoms with van der Waals surface area (Å²) in [5.41, 5.74) is 1.13. The van der Waals surface area contributed by atoms with Crippen LogP contribution < -0.4 is 10.2 Å². The second-order valence-corrected chi connectivity index (χ2v) is 5.03. The van der Waals surface area contributed by atoms with Crippen molar-refractivity contribution >= 4 is 27.8 Å². The summed E-state index contributed by atoms with van der Waals surface area (Å²) in [6, 6.07) is 2.01. The van der Waals surface area contributed by atoms with E-state index in [1.54, 1.807) is 6.20 Å². The summed E-state index contributed by atoms with van der Waals surface area (Å²) in [4.78, 5) is 17.0. The molecule has 1 aliphatic heterocycles. The summed E-state index contributed by atoms with van der Waals surface area (Å²) >= 11 is 3.41. The first-order valence-corrected chi connectivity index (χ1v) is 6.22. The molecule has 5 nitrogen and oxygen atoms in total. The molecule has 1 aliphatic rings. The third-order valence-corrected chi connectivity index (χ3v) is 3.70. The largest absolute Gasteiger partial charge is 0.465 e. The molecule has 1 aromatic heterocycles. The number of aryl methyl sites for hydroxylation is 1. The van der Waals surface area contributed by atoms with Gasteiger partial charge in [-0.25, -0.2) is 9.78 Å². The van der Waals surface area contributed by atoms with E-state index in [4.69, 9.17) is 5.11 Å². The van der Waals surface area contributed by atoms with Crippen LogP contribution in [0.5, 0.6) is 0 Å². The van der Waals surface area contributed by atoms with Crippen LogP contribution in [0.15, 0.2) is 16.7 Å². The lowest BCUT2D eigenvalue weighted by atomic mass is 10.3. The molecule has 1 fully saturated rings. The van der Waals surface area contributed by atoms with Crippen molar-refractivity contribution in [2.75, 3.05) is 18.0 Å². The number of halogens is 1. The monoisotopic (exact) mass is 299 g/mol. The van der Waals surface area contributed by atoms with Crippen LogP contribution in [0.25, 0.3) is 0 Å². The van der Waals surface area contributed by atoms with Crippen LogP contribution in [-0.2, 0) is 0 Å². The van der Waals surface area contributed by atoms with Gasteiger partial charge < -0.3 is 15.3 Å². The van der Waals surface area contributed by atoms with Crippen LogP contribution in [0.1, 0.15) is 12.0 Å². The van der Waals surface area contributed by atoms with Gasteiger partial charge in [-0.3, -0.25) is 0 Å².